The first kappa shape index (κ1) is 14.5. The minimum Gasteiger partial charge on any atom is -0.481 e. The van der Waals surface area contributed by atoms with Gasteiger partial charge in [-0.1, -0.05) is 6.92 Å². The summed E-state index contributed by atoms with van der Waals surface area (Å²) in [6, 6.07) is -0.435. The molecule has 7 heteroatoms. The average molecular weight is 264 g/mol. The molecule has 0 bridgehead atoms. The lowest BCUT2D eigenvalue weighted by Gasteiger charge is -2.15. The van der Waals surface area contributed by atoms with E-state index in [1.54, 1.807) is 13.8 Å². The van der Waals surface area contributed by atoms with E-state index in [-0.39, 0.29) is 12.0 Å². The molecule has 1 aromatic heterocycles. The Morgan fingerprint density at radius 3 is 2.39 bits per heavy atom. The molecule has 18 heavy (non-hydrogen) atoms. The number of hydrogen-bond acceptors (Lipinski definition) is 2. The van der Waals surface area contributed by atoms with E-state index in [4.69, 9.17) is 5.11 Å². The van der Waals surface area contributed by atoms with Crippen LogP contribution in [0.4, 0.5) is 13.2 Å². The van der Waals surface area contributed by atoms with Crippen molar-refractivity contribution < 1.29 is 23.1 Å². The highest BCUT2D eigenvalue weighted by Gasteiger charge is 2.39. The summed E-state index contributed by atoms with van der Waals surface area (Å²) in [5.74, 6) is -2.00. The van der Waals surface area contributed by atoms with Gasteiger partial charge < -0.3 is 5.11 Å². The molecule has 4 nitrogen and oxygen atoms in total. The van der Waals surface area contributed by atoms with Crippen LogP contribution >= 0.6 is 0 Å². The second kappa shape index (κ2) is 4.99. The Labute approximate surface area is 102 Å². The molecule has 1 rings (SSSR count). The highest BCUT2D eigenvalue weighted by molar-refractivity contribution is 5.69. The van der Waals surface area contributed by atoms with Crippen molar-refractivity contribution >= 4 is 5.97 Å². The predicted molar refractivity (Wildman–Crippen MR) is 58.1 cm³/mol. The van der Waals surface area contributed by atoms with E-state index in [9.17, 15) is 18.0 Å². The molecular formula is C11H15F3N2O2. The monoisotopic (exact) mass is 264 g/mol. The second-order valence-electron chi connectivity index (χ2n) is 4.50. The topological polar surface area (TPSA) is 55.1 Å². The molecule has 1 N–H and O–H groups in total. The number of carboxylic acid groups (broad SMARTS) is 1. The summed E-state index contributed by atoms with van der Waals surface area (Å²) in [4.78, 5) is 10.7. The van der Waals surface area contributed by atoms with Gasteiger partial charge in [-0.25, -0.2) is 0 Å². The van der Waals surface area contributed by atoms with E-state index in [0.717, 1.165) is 10.9 Å². The minimum atomic E-state index is -4.53. The smallest absolute Gasteiger partial charge is 0.433 e. The summed E-state index contributed by atoms with van der Waals surface area (Å²) >= 11 is 0. The summed E-state index contributed by atoms with van der Waals surface area (Å²) in [6.45, 7) is 4.55. The third kappa shape index (κ3) is 3.02. The van der Waals surface area contributed by atoms with Crippen molar-refractivity contribution in [3.8, 4) is 0 Å². The molecule has 0 radical (unpaired) electrons. The Morgan fingerprint density at radius 1 is 1.44 bits per heavy atom. The van der Waals surface area contributed by atoms with Crippen LogP contribution in [-0.2, 0) is 17.4 Å². The lowest BCUT2D eigenvalue weighted by Crippen LogP contribution is -2.20. The molecule has 1 unspecified atom stereocenters. The standard InChI is InChI=1S/C11H15F3N2O2/c1-6(2)16-9(11(12,13)14)8(5-15-16)4-7(3)10(17)18/h5-7H,4H2,1-3H3,(H,17,18). The fourth-order valence-electron chi connectivity index (χ4n) is 1.67. The van der Waals surface area contributed by atoms with Gasteiger partial charge in [-0.3, -0.25) is 9.48 Å². The van der Waals surface area contributed by atoms with E-state index in [0.29, 0.717) is 0 Å². The fourth-order valence-corrected chi connectivity index (χ4v) is 1.67. The average Bonchev–Trinajstić information content (AvgIpc) is 2.60. The number of carbonyl (C=O) groups is 1. The molecule has 0 aromatic carbocycles. The van der Waals surface area contributed by atoms with Crippen molar-refractivity contribution in [3.05, 3.63) is 17.5 Å². The molecule has 0 saturated carbocycles. The summed E-state index contributed by atoms with van der Waals surface area (Å²) in [6.07, 6.45) is -3.62. The van der Waals surface area contributed by atoms with Crippen molar-refractivity contribution in [3.63, 3.8) is 0 Å². The number of alkyl halides is 3. The molecule has 1 aromatic rings. The molecule has 0 amide bonds. The Balaban J connectivity index is 3.17. The lowest BCUT2D eigenvalue weighted by atomic mass is 10.0. The first-order valence-electron chi connectivity index (χ1n) is 5.51. The molecule has 102 valence electrons. The van der Waals surface area contributed by atoms with Crippen molar-refractivity contribution in [2.75, 3.05) is 0 Å². The molecular weight excluding hydrogens is 249 g/mol. The summed E-state index contributed by atoms with van der Waals surface area (Å²) in [5, 5.41) is 12.4. The van der Waals surface area contributed by atoms with Gasteiger partial charge in [-0.05, 0) is 20.3 Å². The predicted octanol–water partition coefficient (Wildman–Crippen LogP) is 2.75. The Morgan fingerprint density at radius 2 is 2.00 bits per heavy atom. The third-order valence-corrected chi connectivity index (χ3v) is 2.58. The van der Waals surface area contributed by atoms with E-state index in [2.05, 4.69) is 5.10 Å². The van der Waals surface area contributed by atoms with Crippen LogP contribution in [-0.4, -0.2) is 20.9 Å². The van der Waals surface area contributed by atoms with Gasteiger partial charge in [-0.2, -0.15) is 18.3 Å². The number of carboxylic acids is 1. The first-order chi connectivity index (χ1) is 8.14. The van der Waals surface area contributed by atoms with E-state index in [1.165, 1.54) is 6.92 Å². The number of halogens is 3. The van der Waals surface area contributed by atoms with Gasteiger partial charge in [0.25, 0.3) is 0 Å². The van der Waals surface area contributed by atoms with Crippen LogP contribution in [0.1, 0.15) is 38.1 Å². The maximum atomic E-state index is 12.9. The molecule has 0 aliphatic heterocycles. The van der Waals surface area contributed by atoms with E-state index in [1.807, 2.05) is 0 Å². The number of aliphatic carboxylic acids is 1. The van der Waals surface area contributed by atoms with Crippen molar-refractivity contribution in [1.29, 1.82) is 0 Å². The summed E-state index contributed by atoms with van der Waals surface area (Å²) < 4.78 is 39.7. The number of aromatic nitrogens is 2. The lowest BCUT2D eigenvalue weighted by molar-refractivity contribution is -0.146. The van der Waals surface area contributed by atoms with Crippen LogP contribution in [0, 0.1) is 5.92 Å². The Hall–Kier alpha value is -1.53. The van der Waals surface area contributed by atoms with Crippen LogP contribution in [0.3, 0.4) is 0 Å². The van der Waals surface area contributed by atoms with Crippen LogP contribution in [0.5, 0.6) is 0 Å². The zero-order chi connectivity index (χ0) is 14.1. The molecule has 1 atom stereocenters. The Kier molecular flexibility index (Phi) is 4.03. The number of hydrogen-bond donors (Lipinski definition) is 1. The van der Waals surface area contributed by atoms with Crippen molar-refractivity contribution in [1.82, 2.24) is 9.78 Å². The molecule has 0 aliphatic carbocycles. The van der Waals surface area contributed by atoms with Crippen LogP contribution in [0.15, 0.2) is 6.20 Å². The molecule has 0 aliphatic rings. The molecule has 1 heterocycles. The summed E-state index contributed by atoms with van der Waals surface area (Å²) in [7, 11) is 0. The minimum absolute atomic E-state index is 0.0777. The zero-order valence-electron chi connectivity index (χ0n) is 10.3. The largest absolute Gasteiger partial charge is 0.481 e. The highest BCUT2D eigenvalue weighted by atomic mass is 19.4. The van der Waals surface area contributed by atoms with E-state index >= 15 is 0 Å². The van der Waals surface area contributed by atoms with Gasteiger partial charge in [0.2, 0.25) is 0 Å². The Bertz CT molecular complexity index is 438. The molecule has 0 fully saturated rings. The van der Waals surface area contributed by atoms with Gasteiger partial charge in [0.05, 0.1) is 12.1 Å². The summed E-state index contributed by atoms with van der Waals surface area (Å²) in [5.41, 5.74) is -0.934. The zero-order valence-corrected chi connectivity index (χ0v) is 10.3. The first-order valence-corrected chi connectivity index (χ1v) is 5.51. The highest BCUT2D eigenvalue weighted by Crippen LogP contribution is 2.34. The quantitative estimate of drug-likeness (QED) is 0.909. The van der Waals surface area contributed by atoms with Crippen LogP contribution in [0.25, 0.3) is 0 Å². The van der Waals surface area contributed by atoms with Crippen molar-refractivity contribution in [2.45, 2.75) is 39.4 Å². The van der Waals surface area contributed by atoms with Crippen molar-refractivity contribution in [2.24, 2.45) is 5.92 Å². The normalized spacial score (nSPS) is 13.9. The maximum Gasteiger partial charge on any atom is 0.433 e. The van der Waals surface area contributed by atoms with Gasteiger partial charge in [0, 0.05) is 11.6 Å². The maximum absolute atomic E-state index is 12.9. The fraction of sp³-hybridized carbons (Fsp3) is 0.636. The number of nitrogens with zero attached hydrogens (tertiary/aromatic N) is 2. The third-order valence-electron chi connectivity index (χ3n) is 2.58. The van der Waals surface area contributed by atoms with Gasteiger partial charge in [-0.15, -0.1) is 0 Å². The number of rotatable bonds is 4. The van der Waals surface area contributed by atoms with Gasteiger partial charge >= 0.3 is 12.1 Å². The second-order valence-corrected chi connectivity index (χ2v) is 4.50. The van der Waals surface area contributed by atoms with E-state index < -0.39 is 29.8 Å². The van der Waals surface area contributed by atoms with Crippen LogP contribution in [0.2, 0.25) is 0 Å². The SMILES string of the molecule is CC(Cc1cnn(C(C)C)c1C(F)(F)F)C(=O)O. The van der Waals surface area contributed by atoms with Gasteiger partial charge in [0.1, 0.15) is 5.69 Å². The van der Waals surface area contributed by atoms with Gasteiger partial charge in [0.15, 0.2) is 0 Å². The van der Waals surface area contributed by atoms with Crippen LogP contribution < -0.4 is 0 Å². The molecule has 0 saturated heterocycles. The molecule has 0 spiro atoms.